The summed E-state index contributed by atoms with van der Waals surface area (Å²) in [6.07, 6.45) is 1.68. The van der Waals surface area contributed by atoms with E-state index in [1.165, 1.54) is 24.3 Å². The van der Waals surface area contributed by atoms with Crippen LogP contribution in [-0.4, -0.2) is 21.2 Å². The van der Waals surface area contributed by atoms with Crippen molar-refractivity contribution in [2.24, 2.45) is 4.99 Å². The quantitative estimate of drug-likeness (QED) is 0.298. The third-order valence-electron chi connectivity index (χ3n) is 3.77. The fraction of sp³-hybridized carbons (Fsp3) is 0.0952. The van der Waals surface area contributed by atoms with E-state index in [0.717, 1.165) is 17.0 Å². The number of ether oxygens (including phenoxy) is 1. The van der Waals surface area contributed by atoms with Gasteiger partial charge in [0.2, 0.25) is 0 Å². The molecule has 0 N–H and O–H groups in total. The second-order valence-electron chi connectivity index (χ2n) is 5.87. The Morgan fingerprint density at radius 3 is 2.34 bits per heavy atom. The van der Waals surface area contributed by atoms with Gasteiger partial charge in [-0.1, -0.05) is 11.6 Å². The fourth-order valence-electron chi connectivity index (χ4n) is 2.38. The number of hydrogen-bond donors (Lipinski definition) is 0. The summed E-state index contributed by atoms with van der Waals surface area (Å²) >= 11 is 9.15. The first kappa shape index (κ1) is 21.4. The minimum absolute atomic E-state index is 0.0231. The van der Waals surface area contributed by atoms with Crippen LogP contribution in [0.15, 0.2) is 81.1 Å². The van der Waals surface area contributed by atoms with Gasteiger partial charge >= 0.3 is 10.1 Å². The minimum Gasteiger partial charge on any atom is -0.494 e. The van der Waals surface area contributed by atoms with E-state index in [1.54, 1.807) is 24.4 Å². The Morgan fingerprint density at radius 2 is 1.72 bits per heavy atom. The maximum Gasteiger partial charge on any atom is 0.339 e. The number of hydrogen-bond acceptors (Lipinski definition) is 5. The summed E-state index contributed by atoms with van der Waals surface area (Å²) in [5.74, 6) is 0.968. The molecular weight excluding hydrogens is 478 g/mol. The van der Waals surface area contributed by atoms with Gasteiger partial charge in [0, 0.05) is 11.2 Å². The topological polar surface area (TPSA) is 65.0 Å². The second-order valence-corrected chi connectivity index (χ2v) is 8.70. The van der Waals surface area contributed by atoms with Gasteiger partial charge in [0.25, 0.3) is 0 Å². The highest BCUT2D eigenvalue weighted by Gasteiger charge is 2.18. The third-order valence-corrected chi connectivity index (χ3v) is 5.89. The summed E-state index contributed by atoms with van der Waals surface area (Å²) in [5.41, 5.74) is 1.55. The highest BCUT2D eigenvalue weighted by Crippen LogP contribution is 2.29. The zero-order valence-corrected chi connectivity index (χ0v) is 18.5. The molecule has 0 aliphatic rings. The van der Waals surface area contributed by atoms with Crippen molar-refractivity contribution in [3.8, 4) is 11.5 Å². The summed E-state index contributed by atoms with van der Waals surface area (Å²) in [4.78, 5) is 4.43. The van der Waals surface area contributed by atoms with E-state index in [-0.39, 0.29) is 10.6 Å². The number of aliphatic imine (C=N–C) groups is 1. The molecule has 29 heavy (non-hydrogen) atoms. The molecule has 150 valence electrons. The van der Waals surface area contributed by atoms with Gasteiger partial charge < -0.3 is 8.92 Å². The third kappa shape index (κ3) is 5.82. The number of nitrogens with zero attached hydrogens (tertiary/aromatic N) is 1. The van der Waals surface area contributed by atoms with Crippen molar-refractivity contribution in [3.05, 3.63) is 81.8 Å². The Morgan fingerprint density at radius 1 is 1.03 bits per heavy atom. The van der Waals surface area contributed by atoms with Gasteiger partial charge in [-0.05, 0) is 95.1 Å². The lowest BCUT2D eigenvalue weighted by molar-refractivity contribution is 0.340. The maximum absolute atomic E-state index is 12.4. The van der Waals surface area contributed by atoms with E-state index in [9.17, 15) is 8.42 Å². The van der Waals surface area contributed by atoms with E-state index < -0.39 is 10.1 Å². The van der Waals surface area contributed by atoms with Crippen LogP contribution >= 0.6 is 27.5 Å². The number of halogens is 2. The molecule has 0 spiro atoms. The maximum atomic E-state index is 12.4. The molecule has 0 unspecified atom stereocenters. The first-order valence-electron chi connectivity index (χ1n) is 8.64. The van der Waals surface area contributed by atoms with Gasteiger partial charge in [-0.15, -0.1) is 0 Å². The molecule has 8 heteroatoms. The molecule has 0 bridgehead atoms. The lowest BCUT2D eigenvalue weighted by atomic mass is 10.2. The monoisotopic (exact) mass is 493 g/mol. The van der Waals surface area contributed by atoms with Crippen LogP contribution in [0.5, 0.6) is 11.5 Å². The van der Waals surface area contributed by atoms with Gasteiger partial charge in [0.1, 0.15) is 10.6 Å². The molecule has 0 heterocycles. The Bertz CT molecular complexity index is 1110. The van der Waals surface area contributed by atoms with Gasteiger partial charge in [-0.3, -0.25) is 4.99 Å². The van der Waals surface area contributed by atoms with Crippen molar-refractivity contribution in [1.82, 2.24) is 0 Å². The molecular formula is C21H17BrClNO4S. The van der Waals surface area contributed by atoms with Crippen molar-refractivity contribution in [1.29, 1.82) is 0 Å². The van der Waals surface area contributed by atoms with Gasteiger partial charge in [0.15, 0.2) is 5.75 Å². The van der Waals surface area contributed by atoms with Gasteiger partial charge in [0.05, 0.1) is 16.8 Å². The molecule has 5 nitrogen and oxygen atoms in total. The van der Waals surface area contributed by atoms with Crippen molar-refractivity contribution >= 4 is 49.6 Å². The summed E-state index contributed by atoms with van der Waals surface area (Å²) in [5, 5.41) is 0.446. The average molecular weight is 495 g/mol. The van der Waals surface area contributed by atoms with Crippen molar-refractivity contribution in [2.75, 3.05) is 6.61 Å². The van der Waals surface area contributed by atoms with Crippen molar-refractivity contribution in [3.63, 3.8) is 0 Å². The molecule has 0 aliphatic carbocycles. The Hall–Kier alpha value is -2.35. The first-order chi connectivity index (χ1) is 13.9. The normalized spacial score (nSPS) is 11.6. The Labute approximate surface area is 183 Å². The summed E-state index contributed by atoms with van der Waals surface area (Å²) in [6.45, 7) is 2.54. The molecule has 3 aromatic carbocycles. The molecule has 3 aromatic rings. The van der Waals surface area contributed by atoms with Crippen LogP contribution in [0.2, 0.25) is 5.02 Å². The van der Waals surface area contributed by atoms with Crippen molar-refractivity contribution in [2.45, 2.75) is 11.8 Å². The molecule has 0 radical (unpaired) electrons. The van der Waals surface area contributed by atoms with Crippen LogP contribution in [0.25, 0.3) is 0 Å². The minimum atomic E-state index is -3.96. The molecule has 3 rings (SSSR count). The van der Waals surface area contributed by atoms with Crippen LogP contribution in [0.1, 0.15) is 12.5 Å². The molecule has 0 aromatic heterocycles. The average Bonchev–Trinajstić information content (AvgIpc) is 2.70. The lowest BCUT2D eigenvalue weighted by Crippen LogP contribution is -2.10. The number of rotatable bonds is 7. The smallest absolute Gasteiger partial charge is 0.339 e. The van der Waals surface area contributed by atoms with Gasteiger partial charge in [-0.2, -0.15) is 8.42 Å². The van der Waals surface area contributed by atoms with Gasteiger partial charge in [-0.25, -0.2) is 0 Å². The summed E-state index contributed by atoms with van der Waals surface area (Å²) in [7, 11) is -3.96. The van der Waals surface area contributed by atoms with Crippen LogP contribution < -0.4 is 8.92 Å². The van der Waals surface area contributed by atoms with Crippen LogP contribution in [0.3, 0.4) is 0 Å². The van der Waals surface area contributed by atoms with E-state index in [1.807, 2.05) is 31.2 Å². The summed E-state index contributed by atoms with van der Waals surface area (Å²) in [6, 6.07) is 18.2. The molecule has 0 saturated carbocycles. The molecule has 0 aliphatic heterocycles. The van der Waals surface area contributed by atoms with Crippen molar-refractivity contribution < 1.29 is 17.3 Å². The molecule has 0 saturated heterocycles. The van der Waals surface area contributed by atoms with E-state index in [4.69, 9.17) is 20.5 Å². The van der Waals surface area contributed by atoms with Crippen LogP contribution in [0, 0.1) is 0 Å². The predicted molar refractivity (Wildman–Crippen MR) is 118 cm³/mol. The lowest BCUT2D eigenvalue weighted by Gasteiger charge is -2.09. The standard InChI is InChI=1S/C21H17BrClNO4S/c1-2-27-18-8-6-17(7-9-18)24-14-15-3-12-21(20(22)13-15)28-29(25,26)19-10-4-16(23)5-11-19/h3-14H,2H2,1H3. The van der Waals surface area contributed by atoms with E-state index in [0.29, 0.717) is 16.1 Å². The molecule has 0 atom stereocenters. The molecule has 0 amide bonds. The molecule has 0 fully saturated rings. The SMILES string of the molecule is CCOc1ccc(N=Cc2ccc(OS(=O)(=O)c3ccc(Cl)cc3)c(Br)c2)cc1. The largest absolute Gasteiger partial charge is 0.494 e. The second kappa shape index (κ2) is 9.43. The number of benzene rings is 3. The van der Waals surface area contributed by atoms with E-state index in [2.05, 4.69) is 20.9 Å². The van der Waals surface area contributed by atoms with Crippen LogP contribution in [0.4, 0.5) is 5.69 Å². The Kier molecular flexibility index (Phi) is 6.95. The zero-order valence-electron chi connectivity index (χ0n) is 15.4. The zero-order chi connectivity index (χ0) is 20.9. The van der Waals surface area contributed by atoms with Crippen LogP contribution in [-0.2, 0) is 10.1 Å². The summed E-state index contributed by atoms with van der Waals surface area (Å²) < 4.78 is 36.0. The predicted octanol–water partition coefficient (Wildman–Crippen LogP) is 6.02. The van der Waals surface area contributed by atoms with E-state index >= 15 is 0 Å². The highest BCUT2D eigenvalue weighted by molar-refractivity contribution is 9.10. The fourth-order valence-corrected chi connectivity index (χ4v) is 4.03. The first-order valence-corrected chi connectivity index (χ1v) is 11.2. The highest BCUT2D eigenvalue weighted by atomic mass is 79.9. The Balaban J connectivity index is 1.73.